The summed E-state index contributed by atoms with van der Waals surface area (Å²) in [4.78, 5) is 31.1. The average molecular weight is 577 g/mol. The number of carbonyl (C=O) groups excluding carboxylic acids is 2. The largest absolute Gasteiger partial charge is 0.497 e. The summed E-state index contributed by atoms with van der Waals surface area (Å²) in [6.07, 6.45) is 0.148. The SMILES string of the molecule is CCN(Cc1cc(OC)cc2ccccc12)C(=O)C1=C(c2cccc(-c3ccccc3)c2)CCN(C(=O)OC(C)(C)C)C1. The molecule has 2 amide bonds. The van der Waals surface area contributed by atoms with Crippen molar-refractivity contribution >= 4 is 28.3 Å². The lowest BCUT2D eigenvalue weighted by molar-refractivity contribution is -0.127. The molecule has 6 heteroatoms. The third kappa shape index (κ3) is 6.91. The maximum Gasteiger partial charge on any atom is 0.410 e. The van der Waals surface area contributed by atoms with E-state index in [0.717, 1.165) is 44.3 Å². The fourth-order valence-electron chi connectivity index (χ4n) is 5.61. The van der Waals surface area contributed by atoms with Crippen molar-refractivity contribution in [1.29, 1.82) is 0 Å². The Kier molecular flexibility index (Phi) is 8.86. The lowest BCUT2D eigenvalue weighted by Gasteiger charge is -2.34. The van der Waals surface area contributed by atoms with E-state index in [9.17, 15) is 9.59 Å². The predicted molar refractivity (Wildman–Crippen MR) is 173 cm³/mol. The standard InChI is InChI=1S/C37H40N2O4/c1-6-38(24-30-23-31(42-5)22-29-15-10-11-18-32(29)30)35(40)34-25-39(36(41)43-37(2,3)4)20-19-33(34)28-17-12-16-27(21-28)26-13-8-7-9-14-26/h7-18,21-23H,6,19-20,24-25H2,1-5H3. The van der Waals surface area contributed by atoms with E-state index < -0.39 is 11.7 Å². The van der Waals surface area contributed by atoms with Crippen LogP contribution in [0.25, 0.3) is 27.5 Å². The zero-order chi connectivity index (χ0) is 30.6. The number of hydrogen-bond acceptors (Lipinski definition) is 4. The molecular weight excluding hydrogens is 536 g/mol. The number of fused-ring (bicyclic) bond motifs is 1. The van der Waals surface area contributed by atoms with Crippen LogP contribution in [-0.2, 0) is 16.1 Å². The van der Waals surface area contributed by atoms with Crippen molar-refractivity contribution in [3.8, 4) is 16.9 Å². The molecule has 0 radical (unpaired) electrons. The van der Waals surface area contributed by atoms with Crippen molar-refractivity contribution in [2.24, 2.45) is 0 Å². The molecule has 0 bridgehead atoms. The summed E-state index contributed by atoms with van der Waals surface area (Å²) in [7, 11) is 1.66. The van der Waals surface area contributed by atoms with Gasteiger partial charge in [0.05, 0.1) is 13.7 Å². The van der Waals surface area contributed by atoms with Crippen LogP contribution < -0.4 is 4.74 Å². The molecular formula is C37H40N2O4. The highest BCUT2D eigenvalue weighted by atomic mass is 16.6. The average Bonchev–Trinajstić information content (AvgIpc) is 3.02. The third-order valence-electron chi connectivity index (χ3n) is 7.76. The van der Waals surface area contributed by atoms with E-state index in [1.54, 1.807) is 12.0 Å². The number of hydrogen-bond donors (Lipinski definition) is 0. The highest BCUT2D eigenvalue weighted by Crippen LogP contribution is 2.33. The summed E-state index contributed by atoms with van der Waals surface area (Å²) in [5, 5.41) is 2.14. The Labute approximate surface area is 254 Å². The molecule has 43 heavy (non-hydrogen) atoms. The molecule has 0 aliphatic carbocycles. The molecule has 0 fully saturated rings. The van der Waals surface area contributed by atoms with Gasteiger partial charge in [-0.25, -0.2) is 4.79 Å². The number of nitrogens with zero attached hydrogens (tertiary/aromatic N) is 2. The Balaban J connectivity index is 1.55. The minimum Gasteiger partial charge on any atom is -0.497 e. The molecule has 1 aliphatic rings. The second kappa shape index (κ2) is 12.7. The molecule has 4 aromatic carbocycles. The van der Waals surface area contributed by atoms with Crippen molar-refractivity contribution in [1.82, 2.24) is 9.80 Å². The van der Waals surface area contributed by atoms with Gasteiger partial charge < -0.3 is 19.3 Å². The Morgan fingerprint density at radius 1 is 0.860 bits per heavy atom. The number of benzene rings is 4. The summed E-state index contributed by atoms with van der Waals surface area (Å²) in [5.74, 6) is 0.673. The van der Waals surface area contributed by atoms with Gasteiger partial charge in [0, 0.05) is 25.2 Å². The van der Waals surface area contributed by atoms with Gasteiger partial charge in [-0.05, 0) is 90.9 Å². The summed E-state index contributed by atoms with van der Waals surface area (Å²) >= 11 is 0. The molecule has 6 nitrogen and oxygen atoms in total. The van der Waals surface area contributed by atoms with Gasteiger partial charge >= 0.3 is 6.09 Å². The number of carbonyl (C=O) groups is 2. The van der Waals surface area contributed by atoms with Crippen molar-refractivity contribution in [3.63, 3.8) is 0 Å². The molecule has 4 aromatic rings. The lowest BCUT2D eigenvalue weighted by atomic mass is 9.90. The first kappa shape index (κ1) is 29.9. The first-order chi connectivity index (χ1) is 20.7. The van der Waals surface area contributed by atoms with Crippen molar-refractivity contribution in [3.05, 3.63) is 108 Å². The maximum atomic E-state index is 14.5. The smallest absolute Gasteiger partial charge is 0.410 e. The quantitative estimate of drug-likeness (QED) is 0.224. The lowest BCUT2D eigenvalue weighted by Crippen LogP contribution is -2.44. The van der Waals surface area contributed by atoms with Crippen LogP contribution in [-0.4, -0.2) is 54.1 Å². The maximum absolute atomic E-state index is 14.5. The third-order valence-corrected chi connectivity index (χ3v) is 7.76. The van der Waals surface area contributed by atoms with Crippen LogP contribution in [0.5, 0.6) is 5.75 Å². The van der Waals surface area contributed by atoms with E-state index in [1.807, 2.05) is 81.1 Å². The van der Waals surface area contributed by atoms with Crippen LogP contribution in [0.1, 0.15) is 45.2 Å². The van der Waals surface area contributed by atoms with Gasteiger partial charge in [0.15, 0.2) is 0 Å². The second-order valence-corrected chi connectivity index (χ2v) is 11.9. The first-order valence-corrected chi connectivity index (χ1v) is 14.9. The molecule has 0 atom stereocenters. The Morgan fingerprint density at radius 2 is 1.56 bits per heavy atom. The molecule has 0 N–H and O–H groups in total. The Morgan fingerprint density at radius 3 is 2.28 bits per heavy atom. The van der Waals surface area contributed by atoms with E-state index in [2.05, 4.69) is 42.5 Å². The van der Waals surface area contributed by atoms with Crippen LogP contribution in [0, 0.1) is 0 Å². The van der Waals surface area contributed by atoms with Gasteiger partial charge in [-0.1, -0.05) is 72.8 Å². The highest BCUT2D eigenvalue weighted by Gasteiger charge is 2.32. The van der Waals surface area contributed by atoms with E-state index in [1.165, 1.54) is 0 Å². The van der Waals surface area contributed by atoms with Crippen molar-refractivity contribution in [2.75, 3.05) is 26.7 Å². The highest BCUT2D eigenvalue weighted by molar-refractivity contribution is 6.03. The molecule has 0 aromatic heterocycles. The fraction of sp³-hybridized carbons (Fsp3) is 0.297. The van der Waals surface area contributed by atoms with Crippen molar-refractivity contribution < 1.29 is 19.1 Å². The summed E-state index contributed by atoms with van der Waals surface area (Å²) in [6.45, 7) is 9.15. The summed E-state index contributed by atoms with van der Waals surface area (Å²) in [6, 6.07) is 30.7. The van der Waals surface area contributed by atoms with Crippen LogP contribution >= 0.6 is 0 Å². The number of ether oxygens (including phenoxy) is 2. The molecule has 0 spiro atoms. The molecule has 0 unspecified atom stereocenters. The molecule has 0 saturated carbocycles. The Bertz CT molecular complexity index is 1650. The van der Waals surface area contributed by atoms with Crippen LogP contribution in [0.15, 0.2) is 96.6 Å². The van der Waals surface area contributed by atoms with Gasteiger partial charge in [-0.3, -0.25) is 4.79 Å². The van der Waals surface area contributed by atoms with E-state index in [4.69, 9.17) is 9.47 Å². The predicted octanol–water partition coefficient (Wildman–Crippen LogP) is 7.96. The molecule has 1 aliphatic heterocycles. The molecule has 1 heterocycles. The van der Waals surface area contributed by atoms with Gasteiger partial charge in [0.25, 0.3) is 5.91 Å². The van der Waals surface area contributed by atoms with Crippen LogP contribution in [0.4, 0.5) is 4.79 Å². The Hall–Kier alpha value is -4.58. The molecule has 5 rings (SSSR count). The van der Waals surface area contributed by atoms with Crippen LogP contribution in [0.2, 0.25) is 0 Å². The number of amides is 2. The topological polar surface area (TPSA) is 59.1 Å². The van der Waals surface area contributed by atoms with Gasteiger partial charge in [-0.2, -0.15) is 0 Å². The van der Waals surface area contributed by atoms with E-state index in [-0.39, 0.29) is 12.5 Å². The van der Waals surface area contributed by atoms with Crippen LogP contribution in [0.3, 0.4) is 0 Å². The first-order valence-electron chi connectivity index (χ1n) is 14.9. The van der Waals surface area contributed by atoms with Gasteiger partial charge in [0.2, 0.25) is 0 Å². The molecule has 0 saturated heterocycles. The minimum absolute atomic E-state index is 0.0808. The number of likely N-dealkylation sites (N-methyl/N-ethyl adjacent to an activating group) is 1. The number of methoxy groups -OCH3 is 1. The zero-order valence-electron chi connectivity index (χ0n) is 25.7. The summed E-state index contributed by atoms with van der Waals surface area (Å²) in [5.41, 5.74) is 5.17. The summed E-state index contributed by atoms with van der Waals surface area (Å²) < 4.78 is 11.3. The minimum atomic E-state index is -0.627. The molecule has 222 valence electrons. The van der Waals surface area contributed by atoms with Crippen molar-refractivity contribution in [2.45, 2.75) is 46.3 Å². The fourth-order valence-corrected chi connectivity index (χ4v) is 5.61. The monoisotopic (exact) mass is 576 g/mol. The normalized spacial score (nSPS) is 13.7. The van der Waals surface area contributed by atoms with E-state index in [0.29, 0.717) is 31.6 Å². The van der Waals surface area contributed by atoms with Gasteiger partial charge in [-0.15, -0.1) is 0 Å². The number of rotatable bonds is 7. The second-order valence-electron chi connectivity index (χ2n) is 11.9. The zero-order valence-corrected chi connectivity index (χ0v) is 25.7. The van der Waals surface area contributed by atoms with E-state index >= 15 is 0 Å². The van der Waals surface area contributed by atoms with Gasteiger partial charge in [0.1, 0.15) is 11.4 Å².